The Kier molecular flexibility index (Phi) is 6.18. The first-order valence-corrected chi connectivity index (χ1v) is 12.4. The third-order valence-corrected chi connectivity index (χ3v) is 7.25. The van der Waals surface area contributed by atoms with E-state index in [1.54, 1.807) is 11.3 Å². The summed E-state index contributed by atoms with van der Waals surface area (Å²) in [5.41, 5.74) is 4.28. The highest BCUT2D eigenvalue weighted by Gasteiger charge is 2.20. The quantitative estimate of drug-likeness (QED) is 0.348. The van der Waals surface area contributed by atoms with Crippen molar-refractivity contribution in [2.75, 3.05) is 6.61 Å². The number of H-pyrrole nitrogens is 1. The highest BCUT2D eigenvalue weighted by atomic mass is 32.1. The Balaban J connectivity index is 1.47. The predicted molar refractivity (Wildman–Crippen MR) is 134 cm³/mol. The Morgan fingerprint density at radius 3 is 2.76 bits per heavy atom. The largest absolute Gasteiger partial charge is 0.490 e. The third kappa shape index (κ3) is 4.53. The summed E-state index contributed by atoms with van der Waals surface area (Å²) in [7, 11) is 0. The van der Waals surface area contributed by atoms with E-state index in [-0.39, 0.29) is 5.56 Å². The summed E-state index contributed by atoms with van der Waals surface area (Å²) in [6.45, 7) is 5.00. The average Bonchev–Trinajstić information content (AvgIpc) is 3.00. The number of nitrogens with zero attached hydrogens (tertiary/aromatic N) is 1. The number of nitrogens with one attached hydrogen (secondary N) is 1. The molecule has 0 spiro atoms. The minimum Gasteiger partial charge on any atom is -0.490 e. The topological polar surface area (TPSA) is 64.2 Å². The maximum atomic E-state index is 13.0. The number of hydrogen-bond donors (Lipinski definition) is 1. The van der Waals surface area contributed by atoms with Gasteiger partial charge < -0.3 is 14.5 Å². The monoisotopic (exact) mass is 460 g/mol. The van der Waals surface area contributed by atoms with E-state index in [1.165, 1.54) is 28.8 Å². The minimum atomic E-state index is -0.0490. The Bertz CT molecular complexity index is 1360. The van der Waals surface area contributed by atoms with Crippen LogP contribution in [0.15, 0.2) is 47.3 Å². The fourth-order valence-corrected chi connectivity index (χ4v) is 5.75. The van der Waals surface area contributed by atoms with Crippen LogP contribution in [0.1, 0.15) is 47.8 Å². The molecule has 6 heteroatoms. The molecule has 0 saturated carbocycles. The molecule has 0 unspecified atom stereocenters. The molecule has 5 rings (SSSR count). The van der Waals surface area contributed by atoms with E-state index < -0.39 is 0 Å². The summed E-state index contributed by atoms with van der Waals surface area (Å²) >= 11 is 1.67. The van der Waals surface area contributed by atoms with Crippen molar-refractivity contribution in [3.63, 3.8) is 0 Å². The van der Waals surface area contributed by atoms with Gasteiger partial charge in [0.05, 0.1) is 12.0 Å². The zero-order valence-corrected chi connectivity index (χ0v) is 19.9. The van der Waals surface area contributed by atoms with Gasteiger partial charge in [-0.25, -0.2) is 4.98 Å². The van der Waals surface area contributed by atoms with Crippen LogP contribution >= 0.6 is 11.3 Å². The summed E-state index contributed by atoms with van der Waals surface area (Å²) in [6.07, 6.45) is 5.58. The molecule has 1 aliphatic rings. The van der Waals surface area contributed by atoms with Gasteiger partial charge in [0, 0.05) is 10.4 Å². The van der Waals surface area contributed by atoms with Gasteiger partial charge in [0.1, 0.15) is 17.3 Å². The average molecular weight is 461 g/mol. The van der Waals surface area contributed by atoms with E-state index in [0.29, 0.717) is 30.5 Å². The fraction of sp³-hybridized carbons (Fsp3) is 0.333. The molecule has 2 aromatic heterocycles. The zero-order chi connectivity index (χ0) is 22.8. The Morgan fingerprint density at radius 2 is 1.91 bits per heavy atom. The molecule has 2 aromatic carbocycles. The number of ether oxygens (including phenoxy) is 2. The molecule has 0 saturated heterocycles. The molecule has 170 valence electrons. The standard InChI is InChI=1S/C27H28N2O3S/c1-3-31-22-15-19(12-13-21(22)32-16-18-9-7-8-17(2)14-18)25-28-26(30)24-20-10-5-4-6-11-23(20)33-27(24)29-25/h7-9,12-15H,3-6,10-11,16H2,1-2H3,(H,28,29,30). The van der Waals surface area contributed by atoms with Gasteiger partial charge in [-0.2, -0.15) is 0 Å². The summed E-state index contributed by atoms with van der Waals surface area (Å²) in [4.78, 5) is 23.1. The van der Waals surface area contributed by atoms with Gasteiger partial charge in [-0.3, -0.25) is 4.79 Å². The molecule has 0 bridgehead atoms. The van der Waals surface area contributed by atoms with Crippen molar-refractivity contribution in [2.45, 2.75) is 52.6 Å². The van der Waals surface area contributed by atoms with Gasteiger partial charge in [-0.15, -0.1) is 11.3 Å². The lowest BCUT2D eigenvalue weighted by Gasteiger charge is -2.13. The van der Waals surface area contributed by atoms with E-state index >= 15 is 0 Å². The van der Waals surface area contributed by atoms with E-state index in [4.69, 9.17) is 14.5 Å². The molecule has 2 heterocycles. The highest BCUT2D eigenvalue weighted by Crippen LogP contribution is 2.35. The maximum Gasteiger partial charge on any atom is 0.260 e. The van der Waals surface area contributed by atoms with Crippen LogP contribution < -0.4 is 15.0 Å². The van der Waals surface area contributed by atoms with Gasteiger partial charge in [0.25, 0.3) is 5.56 Å². The van der Waals surface area contributed by atoms with Crippen LogP contribution in [0.2, 0.25) is 0 Å². The third-order valence-electron chi connectivity index (χ3n) is 6.07. The fourth-order valence-electron chi connectivity index (χ4n) is 4.48. The zero-order valence-electron chi connectivity index (χ0n) is 19.1. The number of thiophene rings is 1. The van der Waals surface area contributed by atoms with Crippen LogP contribution in [0.25, 0.3) is 21.6 Å². The second-order valence-corrected chi connectivity index (χ2v) is 9.62. The van der Waals surface area contributed by atoms with E-state index in [9.17, 15) is 4.79 Å². The van der Waals surface area contributed by atoms with Crippen LogP contribution in [0.3, 0.4) is 0 Å². The minimum absolute atomic E-state index is 0.0490. The molecule has 33 heavy (non-hydrogen) atoms. The van der Waals surface area contributed by atoms with Gasteiger partial charge in [0.2, 0.25) is 0 Å². The van der Waals surface area contributed by atoms with Gasteiger partial charge >= 0.3 is 0 Å². The number of aryl methyl sites for hydroxylation is 3. The van der Waals surface area contributed by atoms with Gasteiger partial charge in [-0.1, -0.05) is 36.2 Å². The van der Waals surface area contributed by atoms with Crippen LogP contribution in [0.5, 0.6) is 11.5 Å². The smallest absolute Gasteiger partial charge is 0.260 e. The van der Waals surface area contributed by atoms with Crippen molar-refractivity contribution in [1.29, 1.82) is 0 Å². The first kappa shape index (κ1) is 21.7. The van der Waals surface area contributed by atoms with Crippen molar-refractivity contribution in [2.24, 2.45) is 0 Å². The molecular weight excluding hydrogens is 432 g/mol. The molecule has 0 aliphatic heterocycles. The Hall–Kier alpha value is -3.12. The molecule has 1 N–H and O–H groups in total. The second kappa shape index (κ2) is 9.40. The maximum absolute atomic E-state index is 13.0. The second-order valence-electron chi connectivity index (χ2n) is 8.53. The molecule has 0 fully saturated rings. The molecular formula is C27H28N2O3S. The first-order valence-electron chi connectivity index (χ1n) is 11.6. The Labute approximate surface area is 197 Å². The number of rotatable bonds is 6. The van der Waals surface area contributed by atoms with Crippen LogP contribution in [0, 0.1) is 6.92 Å². The van der Waals surface area contributed by atoms with E-state index in [0.717, 1.165) is 40.6 Å². The molecule has 5 nitrogen and oxygen atoms in total. The summed E-state index contributed by atoms with van der Waals surface area (Å²) < 4.78 is 11.9. The van der Waals surface area contributed by atoms with Gasteiger partial charge in [0.15, 0.2) is 11.5 Å². The summed E-state index contributed by atoms with van der Waals surface area (Å²) in [5, 5.41) is 0.781. The van der Waals surface area contributed by atoms with Crippen molar-refractivity contribution in [3.05, 3.63) is 74.4 Å². The molecule has 0 amide bonds. The first-order chi connectivity index (χ1) is 16.1. The number of aromatic nitrogens is 2. The predicted octanol–water partition coefficient (Wildman–Crippen LogP) is 6.21. The van der Waals surface area contributed by atoms with Crippen LogP contribution in [0.4, 0.5) is 0 Å². The van der Waals surface area contributed by atoms with Crippen LogP contribution in [-0.2, 0) is 19.4 Å². The molecule has 0 atom stereocenters. The number of hydrogen-bond acceptors (Lipinski definition) is 5. The van der Waals surface area contributed by atoms with Crippen molar-refractivity contribution >= 4 is 21.6 Å². The van der Waals surface area contributed by atoms with Crippen LogP contribution in [-0.4, -0.2) is 16.6 Å². The number of benzene rings is 2. The van der Waals surface area contributed by atoms with E-state index in [2.05, 4.69) is 24.0 Å². The Morgan fingerprint density at radius 1 is 1.03 bits per heavy atom. The van der Waals surface area contributed by atoms with Crippen molar-refractivity contribution in [3.8, 4) is 22.9 Å². The van der Waals surface area contributed by atoms with Crippen molar-refractivity contribution < 1.29 is 9.47 Å². The lowest BCUT2D eigenvalue weighted by atomic mass is 10.1. The molecule has 4 aromatic rings. The molecule has 1 aliphatic carbocycles. The normalized spacial score (nSPS) is 13.5. The highest BCUT2D eigenvalue weighted by molar-refractivity contribution is 7.18. The van der Waals surface area contributed by atoms with Crippen molar-refractivity contribution in [1.82, 2.24) is 9.97 Å². The SMILES string of the molecule is CCOc1cc(-c2nc3sc4c(c3c(=O)[nH]2)CCCCC4)ccc1OCc1cccc(C)c1. The van der Waals surface area contributed by atoms with E-state index in [1.807, 2.05) is 37.3 Å². The lowest BCUT2D eigenvalue weighted by Crippen LogP contribution is -2.10. The lowest BCUT2D eigenvalue weighted by molar-refractivity contribution is 0.269. The summed E-state index contributed by atoms with van der Waals surface area (Å²) in [5.74, 6) is 1.89. The number of fused-ring (bicyclic) bond motifs is 3. The van der Waals surface area contributed by atoms with Gasteiger partial charge in [-0.05, 0) is 68.9 Å². The molecule has 0 radical (unpaired) electrons. The number of aromatic amines is 1. The summed E-state index contributed by atoms with van der Waals surface area (Å²) in [6, 6.07) is 14.0.